The van der Waals surface area contributed by atoms with E-state index in [4.69, 9.17) is 33.9 Å². The van der Waals surface area contributed by atoms with Crippen LogP contribution in [0.1, 0.15) is 67.9 Å². The fourth-order valence-corrected chi connectivity index (χ4v) is 5.77. The molecule has 188 valence electrons. The van der Waals surface area contributed by atoms with Crippen LogP contribution in [-0.4, -0.2) is 26.5 Å². The molecule has 35 heavy (non-hydrogen) atoms. The lowest BCUT2D eigenvalue weighted by atomic mass is 9.89. The zero-order valence-electron chi connectivity index (χ0n) is 20.0. The zero-order valence-corrected chi connectivity index (χ0v) is 22.3. The van der Waals surface area contributed by atoms with Crippen molar-refractivity contribution in [2.24, 2.45) is 11.7 Å². The Hall–Kier alpha value is -2.35. The van der Waals surface area contributed by atoms with Crippen LogP contribution in [-0.2, 0) is 11.3 Å². The first kappa shape index (κ1) is 27.2. The van der Waals surface area contributed by atoms with Gasteiger partial charge in [-0.2, -0.15) is 0 Å². The maximum atomic E-state index is 11.8. The Balaban J connectivity index is 0.000000509. The molecule has 1 aliphatic rings. The molecule has 0 unspecified atom stereocenters. The second-order valence-electron chi connectivity index (χ2n) is 8.83. The van der Waals surface area contributed by atoms with Gasteiger partial charge in [-0.25, -0.2) is 9.78 Å². The molecule has 1 aromatic carbocycles. The third-order valence-electron chi connectivity index (χ3n) is 6.19. The Bertz CT molecular complexity index is 1180. The predicted molar refractivity (Wildman–Crippen MR) is 143 cm³/mol. The highest BCUT2D eigenvalue weighted by molar-refractivity contribution is 7.13. The van der Waals surface area contributed by atoms with Crippen molar-refractivity contribution in [1.82, 2.24) is 9.55 Å². The van der Waals surface area contributed by atoms with Crippen molar-refractivity contribution in [1.29, 1.82) is 0 Å². The Morgan fingerprint density at radius 1 is 1.20 bits per heavy atom. The smallest absolute Gasteiger partial charge is 0.337 e. The molecule has 9 heteroatoms. The SMILES string of the molecule is CCCC(N)=O.Cc1c(C(=O)O)cc(-c2csc(-c3ccc(Cl)cc3Cl)n2)n1CC1CCCCC1. The molecule has 2 heterocycles. The minimum atomic E-state index is -0.901. The predicted octanol–water partition coefficient (Wildman–Crippen LogP) is 7.44. The van der Waals surface area contributed by atoms with Crippen molar-refractivity contribution in [2.75, 3.05) is 0 Å². The first-order valence-electron chi connectivity index (χ1n) is 11.8. The van der Waals surface area contributed by atoms with Gasteiger partial charge in [0.05, 0.1) is 22.0 Å². The number of hydrogen-bond donors (Lipinski definition) is 2. The molecule has 0 radical (unpaired) electrons. The number of nitrogens with zero attached hydrogens (tertiary/aromatic N) is 2. The van der Waals surface area contributed by atoms with Crippen LogP contribution in [0.15, 0.2) is 29.6 Å². The summed E-state index contributed by atoms with van der Waals surface area (Å²) in [5.74, 6) is -0.529. The molecule has 3 N–H and O–H groups in total. The Labute approximate surface area is 220 Å². The quantitative estimate of drug-likeness (QED) is 0.328. The second-order valence-corrected chi connectivity index (χ2v) is 10.5. The van der Waals surface area contributed by atoms with Gasteiger partial charge in [0.2, 0.25) is 5.91 Å². The third kappa shape index (κ3) is 7.09. The number of benzene rings is 1. The number of amides is 1. The molecule has 0 bridgehead atoms. The van der Waals surface area contributed by atoms with Gasteiger partial charge in [-0.1, -0.05) is 49.4 Å². The van der Waals surface area contributed by atoms with Crippen molar-refractivity contribution < 1.29 is 14.7 Å². The highest BCUT2D eigenvalue weighted by Crippen LogP contribution is 2.36. The summed E-state index contributed by atoms with van der Waals surface area (Å²) in [6.45, 7) is 4.65. The number of halogens is 2. The number of primary amides is 1. The van der Waals surface area contributed by atoms with Crippen molar-refractivity contribution in [3.05, 3.63) is 50.9 Å². The van der Waals surface area contributed by atoms with Crippen LogP contribution in [0, 0.1) is 12.8 Å². The Morgan fingerprint density at radius 3 is 2.49 bits per heavy atom. The van der Waals surface area contributed by atoms with E-state index in [1.165, 1.54) is 43.4 Å². The van der Waals surface area contributed by atoms with Crippen LogP contribution in [0.4, 0.5) is 0 Å². The number of carbonyl (C=O) groups excluding carboxylic acids is 1. The summed E-state index contributed by atoms with van der Waals surface area (Å²) in [5.41, 5.74) is 8.36. The Morgan fingerprint density at radius 2 is 1.91 bits per heavy atom. The lowest BCUT2D eigenvalue weighted by Gasteiger charge is -2.24. The van der Waals surface area contributed by atoms with E-state index in [0.29, 0.717) is 27.9 Å². The molecule has 0 spiro atoms. The maximum Gasteiger partial charge on any atom is 0.337 e. The highest BCUT2D eigenvalue weighted by atomic mass is 35.5. The molecule has 2 aromatic heterocycles. The lowest BCUT2D eigenvalue weighted by Crippen LogP contribution is -2.16. The number of carboxylic acid groups (broad SMARTS) is 1. The standard InChI is InChI=1S/C22H22Cl2N2O2S.C4H9NO/c1-13-17(22(27)28)10-20(26(13)11-14-5-3-2-4-6-14)19-12-29-21(25-19)16-8-7-15(23)9-18(16)24;1-2-3-4(5)6/h7-10,12,14H,2-6,11H2,1H3,(H,27,28);2-3H2,1H3,(H2,5,6). The molecule has 0 saturated heterocycles. The summed E-state index contributed by atoms with van der Waals surface area (Å²) in [5, 5.41) is 13.5. The molecular weight excluding hydrogens is 505 g/mol. The molecule has 1 saturated carbocycles. The summed E-state index contributed by atoms with van der Waals surface area (Å²) in [4.78, 5) is 26.4. The van der Waals surface area contributed by atoms with E-state index in [1.807, 2.05) is 25.3 Å². The normalized spacial score (nSPS) is 13.8. The highest BCUT2D eigenvalue weighted by Gasteiger charge is 2.23. The van der Waals surface area contributed by atoms with Gasteiger partial charge in [-0.05, 0) is 56.4 Å². The number of thiazole rings is 1. The van der Waals surface area contributed by atoms with Gasteiger partial charge in [0, 0.05) is 34.6 Å². The molecule has 1 aliphatic carbocycles. The van der Waals surface area contributed by atoms with E-state index in [-0.39, 0.29) is 5.91 Å². The fraction of sp³-hybridized carbons (Fsp3) is 0.423. The summed E-state index contributed by atoms with van der Waals surface area (Å²) < 4.78 is 2.14. The van der Waals surface area contributed by atoms with E-state index in [2.05, 4.69) is 4.57 Å². The molecular formula is C26H31Cl2N3O3S. The van der Waals surface area contributed by atoms with E-state index in [9.17, 15) is 14.7 Å². The topological polar surface area (TPSA) is 98.2 Å². The summed E-state index contributed by atoms with van der Waals surface area (Å²) in [6, 6.07) is 7.12. The summed E-state index contributed by atoms with van der Waals surface area (Å²) >= 11 is 13.9. The summed E-state index contributed by atoms with van der Waals surface area (Å²) in [6.07, 6.45) is 7.56. The van der Waals surface area contributed by atoms with Gasteiger partial charge in [-0.3, -0.25) is 4.79 Å². The van der Waals surface area contributed by atoms with Crippen LogP contribution >= 0.6 is 34.5 Å². The number of aromatic carboxylic acids is 1. The minimum Gasteiger partial charge on any atom is -0.478 e. The number of carboxylic acids is 1. The second kappa shape index (κ2) is 12.6. The molecule has 1 amide bonds. The minimum absolute atomic E-state index is 0.211. The maximum absolute atomic E-state index is 11.8. The van der Waals surface area contributed by atoms with E-state index in [0.717, 1.165) is 40.6 Å². The van der Waals surface area contributed by atoms with E-state index < -0.39 is 5.97 Å². The average molecular weight is 537 g/mol. The fourth-order valence-electron chi connectivity index (χ4n) is 4.36. The van der Waals surface area contributed by atoms with Crippen LogP contribution in [0.5, 0.6) is 0 Å². The van der Waals surface area contributed by atoms with Crippen LogP contribution in [0.25, 0.3) is 22.0 Å². The molecule has 0 atom stereocenters. The van der Waals surface area contributed by atoms with Crippen LogP contribution < -0.4 is 5.73 Å². The largest absolute Gasteiger partial charge is 0.478 e. The van der Waals surface area contributed by atoms with Gasteiger partial charge in [0.15, 0.2) is 0 Å². The third-order valence-corrected chi connectivity index (χ3v) is 7.61. The van der Waals surface area contributed by atoms with Crippen LogP contribution in [0.3, 0.4) is 0 Å². The van der Waals surface area contributed by atoms with Crippen molar-refractivity contribution >= 4 is 46.4 Å². The van der Waals surface area contributed by atoms with Gasteiger partial charge in [0.1, 0.15) is 5.01 Å². The number of hydrogen-bond acceptors (Lipinski definition) is 4. The number of nitrogens with two attached hydrogens (primary N) is 1. The molecule has 6 nitrogen and oxygen atoms in total. The molecule has 4 rings (SSSR count). The number of aromatic nitrogens is 2. The summed E-state index contributed by atoms with van der Waals surface area (Å²) in [7, 11) is 0. The molecule has 1 fully saturated rings. The van der Waals surface area contributed by atoms with Crippen molar-refractivity contribution in [3.8, 4) is 22.0 Å². The number of rotatable bonds is 7. The van der Waals surface area contributed by atoms with Crippen molar-refractivity contribution in [3.63, 3.8) is 0 Å². The Kier molecular flexibility index (Phi) is 9.78. The first-order valence-corrected chi connectivity index (χ1v) is 13.5. The number of carbonyl (C=O) groups is 2. The van der Waals surface area contributed by atoms with E-state index in [1.54, 1.807) is 18.2 Å². The monoisotopic (exact) mass is 535 g/mol. The van der Waals surface area contributed by atoms with E-state index >= 15 is 0 Å². The van der Waals surface area contributed by atoms with Gasteiger partial charge < -0.3 is 15.4 Å². The van der Waals surface area contributed by atoms with Gasteiger partial charge in [-0.15, -0.1) is 11.3 Å². The van der Waals surface area contributed by atoms with Gasteiger partial charge >= 0.3 is 5.97 Å². The molecule has 3 aromatic rings. The average Bonchev–Trinajstić information content (AvgIpc) is 3.40. The molecule has 0 aliphatic heterocycles. The lowest BCUT2D eigenvalue weighted by molar-refractivity contribution is -0.118. The zero-order chi connectivity index (χ0) is 25.5. The van der Waals surface area contributed by atoms with Gasteiger partial charge in [0.25, 0.3) is 0 Å². The van der Waals surface area contributed by atoms with Crippen molar-refractivity contribution in [2.45, 2.75) is 65.3 Å². The van der Waals surface area contributed by atoms with Crippen LogP contribution in [0.2, 0.25) is 10.0 Å². The first-order chi connectivity index (χ1) is 16.7.